The van der Waals surface area contributed by atoms with Crippen molar-refractivity contribution in [2.45, 2.75) is 355 Å². The van der Waals surface area contributed by atoms with E-state index in [1.165, 1.54) is 135 Å². The van der Waals surface area contributed by atoms with Gasteiger partial charge in [0.25, 0.3) is 0 Å². The molecule has 0 aromatic carbocycles. The number of aliphatic hydroxyl groups is 1. The maximum absolute atomic E-state index is 13.0. The molecule has 0 amide bonds. The highest BCUT2D eigenvalue weighted by atomic mass is 31.2. The van der Waals surface area contributed by atoms with Crippen molar-refractivity contribution in [3.63, 3.8) is 0 Å². The summed E-state index contributed by atoms with van der Waals surface area (Å²) in [4.78, 5) is 72.0. The van der Waals surface area contributed by atoms with Gasteiger partial charge in [-0.25, -0.2) is 9.13 Å². The lowest BCUT2D eigenvalue weighted by Crippen LogP contribution is -2.30. The average molecular weight is 1260 g/mol. The Kier molecular flexibility index (Phi) is 58.3. The Morgan fingerprint density at radius 1 is 0.318 bits per heavy atom. The summed E-state index contributed by atoms with van der Waals surface area (Å²) in [6.45, 7) is 7.09. The van der Waals surface area contributed by atoms with Crippen LogP contribution in [0.1, 0.15) is 336 Å². The number of phosphoric acid groups is 2. The fourth-order valence-electron chi connectivity index (χ4n) is 9.94. The smallest absolute Gasteiger partial charge is 0.462 e. The number of hydrogen-bond acceptors (Lipinski definition) is 15. The first-order valence-electron chi connectivity index (χ1n) is 34.6. The van der Waals surface area contributed by atoms with Gasteiger partial charge in [-0.05, 0) is 31.6 Å². The van der Waals surface area contributed by atoms with Crippen molar-refractivity contribution in [1.29, 1.82) is 0 Å². The molecule has 19 heteroatoms. The summed E-state index contributed by atoms with van der Waals surface area (Å²) in [6, 6.07) is 0. The normalized spacial score (nSPS) is 14.2. The summed E-state index contributed by atoms with van der Waals surface area (Å²) in [5.74, 6) is -1.41. The first-order valence-corrected chi connectivity index (χ1v) is 37.6. The van der Waals surface area contributed by atoms with Gasteiger partial charge in [0.05, 0.1) is 26.4 Å². The van der Waals surface area contributed by atoms with E-state index in [1.807, 2.05) is 0 Å². The maximum atomic E-state index is 13.0. The van der Waals surface area contributed by atoms with Crippen LogP contribution in [0.25, 0.3) is 0 Å². The van der Waals surface area contributed by atoms with E-state index in [1.54, 1.807) is 0 Å². The van der Waals surface area contributed by atoms with Gasteiger partial charge in [-0.15, -0.1) is 0 Å². The number of unbranched alkanes of at least 4 members (excludes halogenated alkanes) is 38. The molecule has 0 spiro atoms. The van der Waals surface area contributed by atoms with Crippen molar-refractivity contribution in [2.24, 2.45) is 5.92 Å². The van der Waals surface area contributed by atoms with E-state index in [4.69, 9.17) is 37.0 Å². The van der Waals surface area contributed by atoms with Crippen molar-refractivity contribution in [3.05, 3.63) is 0 Å². The number of ether oxygens (including phenoxy) is 4. The molecule has 0 heterocycles. The van der Waals surface area contributed by atoms with Crippen LogP contribution in [-0.4, -0.2) is 96.7 Å². The van der Waals surface area contributed by atoms with Gasteiger partial charge in [-0.3, -0.25) is 37.3 Å². The highest BCUT2D eigenvalue weighted by Crippen LogP contribution is 2.45. The first kappa shape index (κ1) is 83.1. The summed E-state index contributed by atoms with van der Waals surface area (Å²) < 4.78 is 67.8. The molecule has 0 aromatic rings. The van der Waals surface area contributed by atoms with E-state index >= 15 is 0 Å². The third-order valence-electron chi connectivity index (χ3n) is 15.3. The minimum Gasteiger partial charge on any atom is -0.462 e. The average Bonchev–Trinajstić information content (AvgIpc) is 3.53. The molecule has 0 aliphatic carbocycles. The molecule has 0 bridgehead atoms. The van der Waals surface area contributed by atoms with Gasteiger partial charge in [0.1, 0.15) is 19.3 Å². The second kappa shape index (κ2) is 59.7. The molecule has 0 aromatic heterocycles. The molecule has 0 saturated heterocycles. The summed E-state index contributed by atoms with van der Waals surface area (Å²) in [5.41, 5.74) is 0. The number of hydrogen-bond donors (Lipinski definition) is 3. The van der Waals surface area contributed by atoms with Gasteiger partial charge in [0.2, 0.25) is 0 Å². The van der Waals surface area contributed by atoms with E-state index in [0.717, 1.165) is 121 Å². The quantitative estimate of drug-likeness (QED) is 0.0222. The minimum atomic E-state index is -4.94. The Morgan fingerprint density at radius 3 is 0.800 bits per heavy atom. The van der Waals surface area contributed by atoms with Crippen molar-refractivity contribution < 1.29 is 80.2 Å². The SMILES string of the molecule is CCCCCCCCCCCCCCCCCCCCCCC(=O)O[C@H](COC(=O)CCCCCCCCCCC(C)C)COP(=O)(O)OC[C@@H](O)COP(=O)(O)OC[C@@H](COC(=O)CCCCCCCCC)OC(=O)CCCCCCCCC. The standard InChI is InChI=1S/C66H128O17P2/c1-6-9-12-15-18-19-20-21-22-23-24-25-26-27-28-29-30-37-42-47-52-66(71)83-62(56-77-64(69)50-45-40-36-32-31-35-38-43-48-59(4)5)58-81-85(74,75)79-54-60(67)53-78-84(72,73)80-57-61(82-65(70)51-46-41-34-17-14-11-8-3)55-76-63(68)49-44-39-33-16-13-10-7-2/h59-62,67H,6-58H2,1-5H3,(H,72,73)(H,74,75)/t60-,61+,62+/m0/s1. The maximum Gasteiger partial charge on any atom is 0.472 e. The van der Waals surface area contributed by atoms with Crippen LogP contribution in [0.2, 0.25) is 0 Å². The van der Waals surface area contributed by atoms with Gasteiger partial charge < -0.3 is 33.8 Å². The Balaban J connectivity index is 5.10. The molecule has 0 radical (unpaired) electrons. The summed E-state index contributed by atoms with van der Waals surface area (Å²) in [6.07, 6.45) is 44.9. The van der Waals surface area contributed by atoms with Crippen LogP contribution in [0.15, 0.2) is 0 Å². The summed E-state index contributed by atoms with van der Waals surface area (Å²) in [5, 5.41) is 10.5. The molecular formula is C66H128O17P2. The lowest BCUT2D eigenvalue weighted by atomic mass is 10.0. The van der Waals surface area contributed by atoms with E-state index < -0.39 is 97.5 Å². The number of carbonyl (C=O) groups excluding carboxylic acids is 4. The molecule has 17 nitrogen and oxygen atoms in total. The molecule has 0 rings (SSSR count). The Morgan fingerprint density at radius 2 is 0.541 bits per heavy atom. The van der Waals surface area contributed by atoms with Crippen LogP contribution in [0.4, 0.5) is 0 Å². The Hall–Kier alpha value is -1.94. The molecule has 5 atom stereocenters. The Bertz CT molecular complexity index is 1650. The van der Waals surface area contributed by atoms with Gasteiger partial charge in [0.15, 0.2) is 12.2 Å². The topological polar surface area (TPSA) is 237 Å². The zero-order valence-electron chi connectivity index (χ0n) is 54.7. The van der Waals surface area contributed by atoms with Crippen LogP contribution in [0.5, 0.6) is 0 Å². The summed E-state index contributed by atoms with van der Waals surface area (Å²) in [7, 11) is -9.88. The third kappa shape index (κ3) is 60.7. The van der Waals surface area contributed by atoms with Crippen molar-refractivity contribution in [3.8, 4) is 0 Å². The summed E-state index contributed by atoms with van der Waals surface area (Å²) >= 11 is 0. The lowest BCUT2D eigenvalue weighted by Gasteiger charge is -2.21. The fraction of sp³-hybridized carbons (Fsp3) is 0.939. The first-order chi connectivity index (χ1) is 41.0. The van der Waals surface area contributed by atoms with E-state index in [9.17, 15) is 43.2 Å². The molecule has 2 unspecified atom stereocenters. The largest absolute Gasteiger partial charge is 0.472 e. The molecule has 504 valence electrons. The molecule has 3 N–H and O–H groups in total. The van der Waals surface area contributed by atoms with Crippen LogP contribution in [0, 0.1) is 5.92 Å². The second-order valence-corrected chi connectivity index (χ2v) is 27.2. The molecule has 0 saturated carbocycles. The van der Waals surface area contributed by atoms with Crippen molar-refractivity contribution in [2.75, 3.05) is 39.6 Å². The zero-order chi connectivity index (χ0) is 62.8. The van der Waals surface area contributed by atoms with Crippen molar-refractivity contribution >= 4 is 39.5 Å². The number of phosphoric ester groups is 2. The second-order valence-electron chi connectivity index (χ2n) is 24.3. The molecule has 0 fully saturated rings. The number of rotatable bonds is 66. The predicted octanol–water partition coefficient (Wildman–Crippen LogP) is 18.6. The number of aliphatic hydroxyl groups excluding tert-OH is 1. The zero-order valence-corrected chi connectivity index (χ0v) is 56.5. The van der Waals surface area contributed by atoms with Crippen LogP contribution < -0.4 is 0 Å². The lowest BCUT2D eigenvalue weighted by molar-refractivity contribution is -0.161. The van der Waals surface area contributed by atoms with Crippen molar-refractivity contribution in [1.82, 2.24) is 0 Å². The van der Waals surface area contributed by atoms with Gasteiger partial charge in [-0.2, -0.15) is 0 Å². The van der Waals surface area contributed by atoms with E-state index in [2.05, 4.69) is 34.6 Å². The minimum absolute atomic E-state index is 0.103. The fourth-order valence-corrected chi connectivity index (χ4v) is 11.5. The van der Waals surface area contributed by atoms with E-state index in [0.29, 0.717) is 25.7 Å². The highest BCUT2D eigenvalue weighted by Gasteiger charge is 2.30. The van der Waals surface area contributed by atoms with E-state index in [-0.39, 0.29) is 25.7 Å². The highest BCUT2D eigenvalue weighted by molar-refractivity contribution is 7.47. The van der Waals surface area contributed by atoms with Gasteiger partial charge >= 0.3 is 39.5 Å². The molecule has 85 heavy (non-hydrogen) atoms. The Labute approximate surface area is 517 Å². The predicted molar refractivity (Wildman–Crippen MR) is 340 cm³/mol. The van der Waals surface area contributed by atoms with Crippen LogP contribution in [0.3, 0.4) is 0 Å². The van der Waals surface area contributed by atoms with Crippen LogP contribution >= 0.6 is 15.6 Å². The monoisotopic (exact) mass is 1250 g/mol. The van der Waals surface area contributed by atoms with Gasteiger partial charge in [0, 0.05) is 25.7 Å². The number of esters is 4. The van der Waals surface area contributed by atoms with Gasteiger partial charge in [-0.1, -0.05) is 285 Å². The molecule has 0 aliphatic rings. The molecular weight excluding hydrogens is 1130 g/mol. The molecule has 0 aliphatic heterocycles. The third-order valence-corrected chi connectivity index (χ3v) is 17.2. The number of carbonyl (C=O) groups is 4. The van der Waals surface area contributed by atoms with Crippen LogP contribution in [-0.2, 0) is 65.4 Å².